The molecule has 0 aromatic heterocycles. The fourth-order valence-corrected chi connectivity index (χ4v) is 1.52. The smallest absolute Gasteiger partial charge is 0.280 e. The van der Waals surface area contributed by atoms with Gasteiger partial charge in [-0.15, -0.1) is 0 Å². The van der Waals surface area contributed by atoms with Crippen molar-refractivity contribution in [2.75, 3.05) is 6.54 Å². The highest BCUT2D eigenvalue weighted by Gasteiger charge is 2.19. The molecule has 0 bridgehead atoms. The van der Waals surface area contributed by atoms with Crippen molar-refractivity contribution in [3.63, 3.8) is 0 Å². The van der Waals surface area contributed by atoms with E-state index < -0.39 is 4.92 Å². The molecule has 1 aromatic carbocycles. The van der Waals surface area contributed by atoms with E-state index in [0.29, 0.717) is 0 Å². The minimum absolute atomic E-state index is 0.0455. The Bertz CT molecular complexity index is 497. The lowest BCUT2D eigenvalue weighted by Gasteiger charge is -2.04. The average molecular weight is 250 g/mol. The number of aryl methyl sites for hydroxylation is 1. The van der Waals surface area contributed by atoms with Gasteiger partial charge in [0, 0.05) is 26.0 Å². The van der Waals surface area contributed by atoms with Crippen LogP contribution in [0, 0.1) is 17.0 Å². The molecule has 0 unspecified atom stereocenters. The quantitative estimate of drug-likeness (QED) is 0.488. The summed E-state index contributed by atoms with van der Waals surface area (Å²) >= 11 is 0. The Hall–Kier alpha value is -2.24. The van der Waals surface area contributed by atoms with Gasteiger partial charge in [-0.1, -0.05) is 6.07 Å². The molecule has 0 radical (unpaired) electrons. The highest BCUT2D eigenvalue weighted by Crippen LogP contribution is 2.21. The molecule has 1 amide bonds. The van der Waals surface area contributed by atoms with E-state index in [1.165, 1.54) is 19.1 Å². The minimum Gasteiger partial charge on any atom is -0.356 e. The first-order valence-corrected chi connectivity index (χ1v) is 5.44. The number of carbonyl (C=O) groups excluding carboxylic acids is 2. The lowest BCUT2D eigenvalue weighted by Crippen LogP contribution is -2.23. The third kappa shape index (κ3) is 3.65. The third-order valence-corrected chi connectivity index (χ3v) is 2.38. The molecule has 0 aliphatic rings. The molecule has 1 N–H and O–H groups in total. The minimum atomic E-state index is -0.578. The first kappa shape index (κ1) is 13.8. The standard InChI is InChI=1S/C12H14N2O4/c1-8-3-4-11(14(17)18)10(7-8)12(16)5-6-13-9(2)15/h3-4,7H,5-6H2,1-2H3,(H,13,15). The Morgan fingerprint density at radius 3 is 2.61 bits per heavy atom. The van der Waals surface area contributed by atoms with Gasteiger partial charge >= 0.3 is 0 Å². The number of benzene rings is 1. The first-order chi connectivity index (χ1) is 8.41. The molecular weight excluding hydrogens is 236 g/mol. The summed E-state index contributed by atoms with van der Waals surface area (Å²) in [7, 11) is 0. The summed E-state index contributed by atoms with van der Waals surface area (Å²) in [4.78, 5) is 32.7. The van der Waals surface area contributed by atoms with E-state index in [2.05, 4.69) is 5.32 Å². The van der Waals surface area contributed by atoms with Crippen molar-refractivity contribution in [1.29, 1.82) is 0 Å². The monoisotopic (exact) mass is 250 g/mol. The van der Waals surface area contributed by atoms with Crippen molar-refractivity contribution in [3.05, 3.63) is 39.4 Å². The maximum atomic E-state index is 11.8. The number of rotatable bonds is 5. The molecule has 6 nitrogen and oxygen atoms in total. The Balaban J connectivity index is 2.87. The van der Waals surface area contributed by atoms with E-state index in [4.69, 9.17) is 0 Å². The third-order valence-electron chi connectivity index (χ3n) is 2.38. The number of nitrogens with zero attached hydrogens (tertiary/aromatic N) is 1. The van der Waals surface area contributed by atoms with E-state index in [9.17, 15) is 19.7 Å². The molecule has 18 heavy (non-hydrogen) atoms. The number of Topliss-reactive ketones (excluding diaryl/α,β-unsaturated/α-hetero) is 1. The van der Waals surface area contributed by atoms with Crippen LogP contribution in [0.1, 0.15) is 29.3 Å². The second kappa shape index (κ2) is 5.90. The lowest BCUT2D eigenvalue weighted by molar-refractivity contribution is -0.385. The van der Waals surface area contributed by atoms with E-state index in [1.807, 2.05) is 0 Å². The van der Waals surface area contributed by atoms with Crippen LogP contribution in [0.4, 0.5) is 5.69 Å². The number of hydrogen-bond donors (Lipinski definition) is 1. The molecule has 0 aliphatic carbocycles. The van der Waals surface area contributed by atoms with Crippen LogP contribution >= 0.6 is 0 Å². The van der Waals surface area contributed by atoms with Gasteiger partial charge in [0.2, 0.25) is 5.91 Å². The van der Waals surface area contributed by atoms with Gasteiger partial charge in [0.15, 0.2) is 5.78 Å². The lowest BCUT2D eigenvalue weighted by atomic mass is 10.0. The normalized spacial score (nSPS) is 9.89. The number of amides is 1. The molecule has 0 fully saturated rings. The fraction of sp³-hybridized carbons (Fsp3) is 0.333. The van der Waals surface area contributed by atoms with E-state index in [0.717, 1.165) is 5.56 Å². The van der Waals surface area contributed by atoms with Crippen LogP contribution in [-0.2, 0) is 4.79 Å². The van der Waals surface area contributed by atoms with Gasteiger partial charge in [-0.3, -0.25) is 19.7 Å². The Labute approximate surface area is 104 Å². The van der Waals surface area contributed by atoms with Crippen molar-refractivity contribution in [1.82, 2.24) is 5.32 Å². The maximum absolute atomic E-state index is 11.8. The number of ketones is 1. The van der Waals surface area contributed by atoms with Crippen molar-refractivity contribution in [2.45, 2.75) is 20.3 Å². The summed E-state index contributed by atoms with van der Waals surface area (Å²) in [5.74, 6) is -0.583. The van der Waals surface area contributed by atoms with Crippen LogP contribution in [-0.4, -0.2) is 23.2 Å². The number of carbonyl (C=O) groups is 2. The summed E-state index contributed by atoms with van der Waals surface area (Å²) in [6.07, 6.45) is 0.0455. The highest BCUT2D eigenvalue weighted by molar-refractivity contribution is 6.00. The Morgan fingerprint density at radius 2 is 2.06 bits per heavy atom. The van der Waals surface area contributed by atoms with Gasteiger partial charge in [-0.05, 0) is 18.6 Å². The number of nitro groups is 1. The van der Waals surface area contributed by atoms with Gasteiger partial charge in [0.05, 0.1) is 10.5 Å². The van der Waals surface area contributed by atoms with Crippen LogP contribution in [0.2, 0.25) is 0 Å². The zero-order valence-corrected chi connectivity index (χ0v) is 10.2. The van der Waals surface area contributed by atoms with Gasteiger partial charge in [-0.2, -0.15) is 0 Å². The molecule has 0 saturated heterocycles. The number of nitro benzene ring substituents is 1. The molecule has 0 heterocycles. The van der Waals surface area contributed by atoms with Crippen LogP contribution in [0.5, 0.6) is 0 Å². The van der Waals surface area contributed by atoms with Crippen molar-refractivity contribution < 1.29 is 14.5 Å². The maximum Gasteiger partial charge on any atom is 0.280 e. The van der Waals surface area contributed by atoms with Gasteiger partial charge in [-0.25, -0.2) is 0 Å². The van der Waals surface area contributed by atoms with Crippen LogP contribution < -0.4 is 5.32 Å². The van der Waals surface area contributed by atoms with Gasteiger partial charge in [0.1, 0.15) is 0 Å². The van der Waals surface area contributed by atoms with Crippen LogP contribution in [0.25, 0.3) is 0 Å². The molecule has 0 atom stereocenters. The molecular formula is C12H14N2O4. The number of hydrogen-bond acceptors (Lipinski definition) is 4. The average Bonchev–Trinajstić information content (AvgIpc) is 2.27. The fourth-order valence-electron chi connectivity index (χ4n) is 1.52. The Morgan fingerprint density at radius 1 is 1.39 bits per heavy atom. The molecule has 1 aromatic rings. The molecule has 0 saturated carbocycles. The van der Waals surface area contributed by atoms with E-state index >= 15 is 0 Å². The Kier molecular flexibility index (Phi) is 4.53. The zero-order valence-electron chi connectivity index (χ0n) is 10.2. The summed E-state index contributed by atoms with van der Waals surface area (Å²) in [6, 6.07) is 4.40. The SMILES string of the molecule is CC(=O)NCCC(=O)c1cc(C)ccc1[N+](=O)[O-]. The molecule has 1 rings (SSSR count). The van der Waals surface area contributed by atoms with Crippen molar-refractivity contribution in [2.24, 2.45) is 0 Å². The summed E-state index contributed by atoms with van der Waals surface area (Å²) in [5, 5.41) is 13.3. The topological polar surface area (TPSA) is 89.3 Å². The predicted octanol–water partition coefficient (Wildman–Crippen LogP) is 1.61. The van der Waals surface area contributed by atoms with Gasteiger partial charge < -0.3 is 5.32 Å². The summed E-state index contributed by atoms with van der Waals surface area (Å²) in [6.45, 7) is 3.28. The zero-order chi connectivity index (χ0) is 13.7. The van der Waals surface area contributed by atoms with Crippen LogP contribution in [0.15, 0.2) is 18.2 Å². The predicted molar refractivity (Wildman–Crippen MR) is 65.5 cm³/mol. The second-order valence-corrected chi connectivity index (χ2v) is 3.93. The summed E-state index contributed by atoms with van der Waals surface area (Å²) in [5.41, 5.74) is 0.669. The molecule has 96 valence electrons. The second-order valence-electron chi connectivity index (χ2n) is 3.93. The van der Waals surface area contributed by atoms with Crippen molar-refractivity contribution >= 4 is 17.4 Å². The van der Waals surface area contributed by atoms with E-state index in [1.54, 1.807) is 13.0 Å². The van der Waals surface area contributed by atoms with Crippen molar-refractivity contribution in [3.8, 4) is 0 Å². The molecule has 0 spiro atoms. The molecule has 0 aliphatic heterocycles. The highest BCUT2D eigenvalue weighted by atomic mass is 16.6. The van der Waals surface area contributed by atoms with Crippen LogP contribution in [0.3, 0.4) is 0 Å². The molecule has 6 heteroatoms. The summed E-state index contributed by atoms with van der Waals surface area (Å²) < 4.78 is 0. The largest absolute Gasteiger partial charge is 0.356 e. The number of nitrogens with one attached hydrogen (secondary N) is 1. The van der Waals surface area contributed by atoms with E-state index in [-0.39, 0.29) is 35.9 Å². The first-order valence-electron chi connectivity index (χ1n) is 5.44. The van der Waals surface area contributed by atoms with Gasteiger partial charge in [0.25, 0.3) is 5.69 Å².